The van der Waals surface area contributed by atoms with Gasteiger partial charge in [0.2, 0.25) is 0 Å². The van der Waals surface area contributed by atoms with E-state index in [-0.39, 0.29) is 0 Å². The Morgan fingerprint density at radius 1 is 1.40 bits per heavy atom. The van der Waals surface area contributed by atoms with Gasteiger partial charge in [0.1, 0.15) is 0 Å². The summed E-state index contributed by atoms with van der Waals surface area (Å²) in [6.07, 6.45) is 2.32. The average Bonchev–Trinajstić information content (AvgIpc) is 2.87. The highest BCUT2D eigenvalue weighted by atomic mass is 32.1. The lowest BCUT2D eigenvalue weighted by Gasteiger charge is -2.31. The van der Waals surface area contributed by atoms with Crippen LogP contribution < -0.4 is 10.6 Å². The summed E-state index contributed by atoms with van der Waals surface area (Å²) in [6.45, 7) is 6.40. The number of nitrogens with two attached hydrogens (primary N) is 1. The molecule has 0 saturated heterocycles. The molecule has 3 nitrogen and oxygen atoms in total. The SMILES string of the molecule is CC(C)c1nc(CN2CCCc3cc(N)ccc32)cs1. The van der Waals surface area contributed by atoms with E-state index in [4.69, 9.17) is 10.7 Å². The fraction of sp³-hybridized carbons (Fsp3) is 0.438. The molecule has 2 heterocycles. The summed E-state index contributed by atoms with van der Waals surface area (Å²) in [5, 5.41) is 3.43. The third-order valence-electron chi connectivity index (χ3n) is 3.73. The lowest BCUT2D eigenvalue weighted by atomic mass is 10.0. The zero-order valence-electron chi connectivity index (χ0n) is 12.1. The molecule has 1 aromatic heterocycles. The predicted octanol–water partition coefficient (Wildman–Crippen LogP) is 3.80. The Bertz CT molecular complexity index is 604. The number of thiazole rings is 1. The molecule has 4 heteroatoms. The maximum Gasteiger partial charge on any atom is 0.0954 e. The minimum atomic E-state index is 0.516. The summed E-state index contributed by atoms with van der Waals surface area (Å²) in [6, 6.07) is 6.26. The Morgan fingerprint density at radius 3 is 3.00 bits per heavy atom. The summed E-state index contributed by atoms with van der Waals surface area (Å²) in [5.74, 6) is 0.516. The van der Waals surface area contributed by atoms with E-state index in [1.165, 1.54) is 28.4 Å². The van der Waals surface area contributed by atoms with Gasteiger partial charge in [-0.15, -0.1) is 11.3 Å². The second kappa shape index (κ2) is 5.44. The number of hydrogen-bond donors (Lipinski definition) is 1. The lowest BCUT2D eigenvalue weighted by molar-refractivity contribution is 0.683. The zero-order valence-corrected chi connectivity index (χ0v) is 12.9. The molecule has 20 heavy (non-hydrogen) atoms. The number of nitrogen functional groups attached to an aromatic ring is 1. The number of nitrogens with zero attached hydrogens (tertiary/aromatic N) is 2. The Kier molecular flexibility index (Phi) is 3.66. The van der Waals surface area contributed by atoms with Gasteiger partial charge in [0.05, 0.1) is 17.2 Å². The van der Waals surface area contributed by atoms with Gasteiger partial charge in [-0.25, -0.2) is 4.98 Å². The fourth-order valence-corrected chi connectivity index (χ4v) is 3.54. The smallest absolute Gasteiger partial charge is 0.0954 e. The van der Waals surface area contributed by atoms with Crippen molar-refractivity contribution in [1.29, 1.82) is 0 Å². The van der Waals surface area contributed by atoms with Crippen molar-refractivity contribution in [2.75, 3.05) is 17.2 Å². The Morgan fingerprint density at radius 2 is 2.25 bits per heavy atom. The van der Waals surface area contributed by atoms with Crippen LogP contribution in [0.3, 0.4) is 0 Å². The number of hydrogen-bond acceptors (Lipinski definition) is 4. The van der Waals surface area contributed by atoms with Gasteiger partial charge >= 0.3 is 0 Å². The maximum absolute atomic E-state index is 5.89. The number of aryl methyl sites for hydroxylation is 1. The lowest BCUT2D eigenvalue weighted by Crippen LogP contribution is -2.29. The van der Waals surface area contributed by atoms with Crippen LogP contribution >= 0.6 is 11.3 Å². The first kappa shape index (κ1) is 13.4. The van der Waals surface area contributed by atoms with E-state index in [9.17, 15) is 0 Å². The van der Waals surface area contributed by atoms with Crippen molar-refractivity contribution in [3.8, 4) is 0 Å². The van der Waals surface area contributed by atoms with Crippen LogP contribution in [0.15, 0.2) is 23.6 Å². The number of benzene rings is 1. The van der Waals surface area contributed by atoms with Crippen LogP contribution in [-0.2, 0) is 13.0 Å². The molecule has 0 fully saturated rings. The van der Waals surface area contributed by atoms with E-state index in [1.807, 2.05) is 6.07 Å². The molecule has 0 atom stereocenters. The summed E-state index contributed by atoms with van der Waals surface area (Å²) in [7, 11) is 0. The van der Waals surface area contributed by atoms with Gasteiger partial charge < -0.3 is 10.6 Å². The molecule has 0 radical (unpaired) electrons. The quantitative estimate of drug-likeness (QED) is 0.873. The van der Waals surface area contributed by atoms with Crippen molar-refractivity contribution in [3.63, 3.8) is 0 Å². The van der Waals surface area contributed by atoms with Gasteiger partial charge in [-0.2, -0.15) is 0 Å². The molecule has 106 valence electrons. The van der Waals surface area contributed by atoms with Crippen LogP contribution in [0.5, 0.6) is 0 Å². The molecule has 0 unspecified atom stereocenters. The van der Waals surface area contributed by atoms with Crippen molar-refractivity contribution in [3.05, 3.63) is 39.8 Å². The average molecular weight is 287 g/mol. The van der Waals surface area contributed by atoms with Gasteiger partial charge in [-0.1, -0.05) is 13.8 Å². The topological polar surface area (TPSA) is 42.2 Å². The molecule has 1 aliphatic heterocycles. The van der Waals surface area contributed by atoms with Crippen molar-refractivity contribution in [1.82, 2.24) is 4.98 Å². The molecule has 3 rings (SSSR count). The highest BCUT2D eigenvalue weighted by Crippen LogP contribution is 2.30. The third kappa shape index (κ3) is 2.66. The molecule has 1 aromatic carbocycles. The monoisotopic (exact) mass is 287 g/mol. The molecular formula is C16H21N3S. The summed E-state index contributed by atoms with van der Waals surface area (Å²) >= 11 is 1.77. The molecule has 2 N–H and O–H groups in total. The molecule has 0 amide bonds. The largest absolute Gasteiger partial charge is 0.399 e. The second-order valence-corrected chi connectivity index (χ2v) is 6.63. The first-order valence-corrected chi connectivity index (χ1v) is 8.09. The highest BCUT2D eigenvalue weighted by Gasteiger charge is 2.18. The fourth-order valence-electron chi connectivity index (χ4n) is 2.72. The number of fused-ring (bicyclic) bond motifs is 1. The second-order valence-electron chi connectivity index (χ2n) is 5.75. The summed E-state index contributed by atoms with van der Waals surface area (Å²) in [4.78, 5) is 7.17. The molecular weight excluding hydrogens is 266 g/mol. The third-order valence-corrected chi connectivity index (χ3v) is 4.93. The molecule has 0 bridgehead atoms. The predicted molar refractivity (Wildman–Crippen MR) is 86.4 cm³/mol. The minimum Gasteiger partial charge on any atom is -0.399 e. The van der Waals surface area contributed by atoms with Crippen LogP contribution in [0.4, 0.5) is 11.4 Å². The molecule has 2 aromatic rings. The number of aromatic nitrogens is 1. The molecule has 0 aliphatic carbocycles. The van der Waals surface area contributed by atoms with Crippen LogP contribution in [0, 0.1) is 0 Å². The van der Waals surface area contributed by atoms with Crippen molar-refractivity contribution in [2.24, 2.45) is 0 Å². The Labute approximate surface area is 124 Å². The van der Waals surface area contributed by atoms with Crippen LogP contribution in [0.2, 0.25) is 0 Å². The molecule has 0 spiro atoms. The normalized spacial score (nSPS) is 14.7. The first-order valence-electron chi connectivity index (χ1n) is 7.21. The van der Waals surface area contributed by atoms with Crippen molar-refractivity contribution in [2.45, 2.75) is 39.2 Å². The number of anilines is 2. The van der Waals surface area contributed by atoms with E-state index >= 15 is 0 Å². The first-order chi connectivity index (χ1) is 9.63. The Hall–Kier alpha value is -1.55. The molecule has 0 saturated carbocycles. The zero-order chi connectivity index (χ0) is 14.1. The summed E-state index contributed by atoms with van der Waals surface area (Å²) in [5.41, 5.74) is 10.6. The highest BCUT2D eigenvalue weighted by molar-refractivity contribution is 7.09. The van der Waals surface area contributed by atoms with Crippen LogP contribution in [-0.4, -0.2) is 11.5 Å². The van der Waals surface area contributed by atoms with Gasteiger partial charge in [0, 0.05) is 29.2 Å². The van der Waals surface area contributed by atoms with Gasteiger partial charge in [0.15, 0.2) is 0 Å². The van der Waals surface area contributed by atoms with E-state index < -0.39 is 0 Å². The number of rotatable bonds is 3. The summed E-state index contributed by atoms with van der Waals surface area (Å²) < 4.78 is 0. The van der Waals surface area contributed by atoms with Crippen molar-refractivity contribution < 1.29 is 0 Å². The van der Waals surface area contributed by atoms with E-state index in [1.54, 1.807) is 11.3 Å². The molecule has 1 aliphatic rings. The maximum atomic E-state index is 5.89. The van der Waals surface area contributed by atoms with E-state index in [2.05, 4.69) is 36.3 Å². The van der Waals surface area contributed by atoms with Gasteiger partial charge in [-0.3, -0.25) is 0 Å². The van der Waals surface area contributed by atoms with Crippen LogP contribution in [0.25, 0.3) is 0 Å². The van der Waals surface area contributed by atoms with Crippen LogP contribution in [0.1, 0.15) is 42.5 Å². The minimum absolute atomic E-state index is 0.516. The van der Waals surface area contributed by atoms with Gasteiger partial charge in [0.25, 0.3) is 0 Å². The van der Waals surface area contributed by atoms with E-state index in [0.717, 1.165) is 25.2 Å². The van der Waals surface area contributed by atoms with E-state index in [0.29, 0.717) is 5.92 Å². The Balaban J connectivity index is 1.82. The standard InChI is InChI=1S/C16H21N3S/c1-11(2)16-18-14(10-20-16)9-19-7-3-4-12-8-13(17)5-6-15(12)19/h5-6,8,10-11H,3-4,7,9,17H2,1-2H3. The van der Waals surface area contributed by atoms with Gasteiger partial charge in [-0.05, 0) is 36.6 Å². The van der Waals surface area contributed by atoms with Crippen molar-refractivity contribution >= 4 is 22.7 Å².